The van der Waals surface area contributed by atoms with E-state index in [0.717, 1.165) is 39.4 Å². The molecule has 124 valence electrons. The maximum atomic E-state index is 4.93. The van der Waals surface area contributed by atoms with Gasteiger partial charge in [-0.3, -0.25) is 4.68 Å². The van der Waals surface area contributed by atoms with Crippen molar-refractivity contribution in [1.29, 1.82) is 0 Å². The highest BCUT2D eigenvalue weighted by Crippen LogP contribution is 2.31. The molecule has 0 saturated heterocycles. The molecule has 4 nitrogen and oxygen atoms in total. The normalized spacial score (nSPS) is 11.4. The standard InChI is InChI=1S/C21H20N4/c1-14(2)25-20-18(15(3)24-25)22-21(17-12-8-5-9-13-17)23-19(20)16-10-6-4-7-11-16/h4-14H,1-3H3. The van der Waals surface area contributed by atoms with Crippen LogP contribution in [0.25, 0.3) is 33.7 Å². The first-order valence-electron chi connectivity index (χ1n) is 8.53. The van der Waals surface area contributed by atoms with Crippen molar-refractivity contribution in [3.63, 3.8) is 0 Å². The summed E-state index contributed by atoms with van der Waals surface area (Å²) in [6.45, 7) is 6.27. The van der Waals surface area contributed by atoms with Gasteiger partial charge in [0.1, 0.15) is 16.7 Å². The summed E-state index contributed by atoms with van der Waals surface area (Å²) in [5.41, 5.74) is 5.87. The summed E-state index contributed by atoms with van der Waals surface area (Å²) in [4.78, 5) is 9.77. The third kappa shape index (κ3) is 2.70. The summed E-state index contributed by atoms with van der Waals surface area (Å²) in [5.74, 6) is 0.735. The van der Waals surface area contributed by atoms with Gasteiger partial charge < -0.3 is 0 Å². The van der Waals surface area contributed by atoms with Gasteiger partial charge in [0, 0.05) is 17.2 Å². The summed E-state index contributed by atoms with van der Waals surface area (Å²) >= 11 is 0. The Morgan fingerprint density at radius 1 is 0.800 bits per heavy atom. The molecule has 0 N–H and O–H groups in total. The van der Waals surface area contributed by atoms with Crippen LogP contribution in [0.4, 0.5) is 0 Å². The Kier molecular flexibility index (Phi) is 3.80. The lowest BCUT2D eigenvalue weighted by molar-refractivity contribution is 0.547. The van der Waals surface area contributed by atoms with E-state index in [1.807, 2.05) is 60.1 Å². The molecule has 2 heterocycles. The number of nitrogens with zero attached hydrogens (tertiary/aromatic N) is 4. The summed E-state index contributed by atoms with van der Waals surface area (Å²) in [7, 11) is 0. The highest BCUT2D eigenvalue weighted by Gasteiger charge is 2.19. The van der Waals surface area contributed by atoms with Gasteiger partial charge in [-0.05, 0) is 20.8 Å². The molecule has 0 fully saturated rings. The fourth-order valence-corrected chi connectivity index (χ4v) is 3.07. The first kappa shape index (κ1) is 15.5. The van der Waals surface area contributed by atoms with Gasteiger partial charge in [0.25, 0.3) is 0 Å². The molecule has 0 radical (unpaired) electrons. The first-order valence-corrected chi connectivity index (χ1v) is 8.53. The van der Waals surface area contributed by atoms with E-state index in [0.29, 0.717) is 0 Å². The number of hydrogen-bond donors (Lipinski definition) is 0. The van der Waals surface area contributed by atoms with Crippen LogP contribution in [0.1, 0.15) is 25.6 Å². The maximum Gasteiger partial charge on any atom is 0.160 e. The maximum absolute atomic E-state index is 4.93. The number of rotatable bonds is 3. The second kappa shape index (κ2) is 6.13. The van der Waals surface area contributed by atoms with Gasteiger partial charge in [-0.15, -0.1) is 0 Å². The fraction of sp³-hybridized carbons (Fsp3) is 0.190. The number of hydrogen-bond acceptors (Lipinski definition) is 3. The Hall–Kier alpha value is -3.01. The van der Waals surface area contributed by atoms with Crippen LogP contribution in [0.2, 0.25) is 0 Å². The molecule has 0 unspecified atom stereocenters. The molecule has 0 aliphatic rings. The molecule has 0 bridgehead atoms. The summed E-state index contributed by atoms with van der Waals surface area (Å²) < 4.78 is 2.03. The van der Waals surface area contributed by atoms with Crippen LogP contribution in [0.3, 0.4) is 0 Å². The molecule has 0 saturated carbocycles. The zero-order valence-corrected chi connectivity index (χ0v) is 14.6. The Labute approximate surface area is 147 Å². The highest BCUT2D eigenvalue weighted by atomic mass is 15.3. The molecule has 0 amide bonds. The summed E-state index contributed by atoms with van der Waals surface area (Å²) in [5, 5.41) is 4.72. The lowest BCUT2D eigenvalue weighted by Gasteiger charge is -2.12. The van der Waals surface area contributed by atoms with Gasteiger partial charge in [0.15, 0.2) is 5.82 Å². The van der Waals surface area contributed by atoms with Crippen LogP contribution in [0.5, 0.6) is 0 Å². The Morgan fingerprint density at radius 2 is 1.40 bits per heavy atom. The second-order valence-electron chi connectivity index (χ2n) is 6.45. The Balaban J connectivity index is 2.08. The molecular formula is C21H20N4. The third-order valence-corrected chi connectivity index (χ3v) is 4.28. The van der Waals surface area contributed by atoms with E-state index in [1.165, 1.54) is 0 Å². The topological polar surface area (TPSA) is 43.6 Å². The Bertz CT molecular complexity index is 1020. The minimum Gasteiger partial charge on any atom is -0.258 e. The van der Waals surface area contributed by atoms with Crippen molar-refractivity contribution < 1.29 is 0 Å². The lowest BCUT2D eigenvalue weighted by Crippen LogP contribution is -2.05. The second-order valence-corrected chi connectivity index (χ2v) is 6.45. The van der Waals surface area contributed by atoms with Crippen LogP contribution >= 0.6 is 0 Å². The molecule has 4 heteroatoms. The SMILES string of the molecule is Cc1nn(C(C)C)c2c(-c3ccccc3)nc(-c3ccccc3)nc12. The van der Waals surface area contributed by atoms with Crippen molar-refractivity contribution >= 4 is 11.0 Å². The molecule has 0 aliphatic carbocycles. The number of aromatic nitrogens is 4. The van der Waals surface area contributed by atoms with E-state index in [1.54, 1.807) is 0 Å². The monoisotopic (exact) mass is 328 g/mol. The van der Waals surface area contributed by atoms with Crippen molar-refractivity contribution in [1.82, 2.24) is 19.7 Å². The van der Waals surface area contributed by atoms with Crippen LogP contribution in [-0.2, 0) is 0 Å². The molecular weight excluding hydrogens is 308 g/mol. The highest BCUT2D eigenvalue weighted by molar-refractivity contribution is 5.92. The van der Waals surface area contributed by atoms with Crippen molar-refractivity contribution in [2.75, 3.05) is 0 Å². The van der Waals surface area contributed by atoms with Crippen molar-refractivity contribution in [3.05, 3.63) is 66.4 Å². The van der Waals surface area contributed by atoms with Crippen molar-refractivity contribution in [2.24, 2.45) is 0 Å². The molecule has 0 spiro atoms. The summed E-state index contributed by atoms with van der Waals surface area (Å²) in [6.07, 6.45) is 0. The van der Waals surface area contributed by atoms with Crippen LogP contribution in [-0.4, -0.2) is 19.7 Å². The van der Waals surface area contributed by atoms with E-state index in [2.05, 4.69) is 26.0 Å². The van der Waals surface area contributed by atoms with E-state index >= 15 is 0 Å². The predicted molar refractivity (Wildman–Crippen MR) is 101 cm³/mol. The first-order chi connectivity index (χ1) is 12.1. The molecule has 0 atom stereocenters. The zero-order chi connectivity index (χ0) is 17.4. The number of benzene rings is 2. The lowest BCUT2D eigenvalue weighted by atomic mass is 10.1. The minimum atomic E-state index is 0.241. The van der Waals surface area contributed by atoms with Crippen molar-refractivity contribution in [2.45, 2.75) is 26.8 Å². The van der Waals surface area contributed by atoms with Crippen molar-refractivity contribution in [3.8, 4) is 22.6 Å². The van der Waals surface area contributed by atoms with Crippen LogP contribution < -0.4 is 0 Å². The average Bonchev–Trinajstić information content (AvgIpc) is 3.00. The minimum absolute atomic E-state index is 0.241. The van der Waals surface area contributed by atoms with Gasteiger partial charge in [0.05, 0.1) is 5.69 Å². The van der Waals surface area contributed by atoms with Gasteiger partial charge in [-0.2, -0.15) is 5.10 Å². The molecule has 4 aromatic rings. The van der Waals surface area contributed by atoms with E-state index < -0.39 is 0 Å². The zero-order valence-electron chi connectivity index (χ0n) is 14.6. The largest absolute Gasteiger partial charge is 0.258 e. The Morgan fingerprint density at radius 3 is 2.00 bits per heavy atom. The predicted octanol–water partition coefficient (Wildman–Crippen LogP) is 5.05. The molecule has 2 aromatic carbocycles. The summed E-state index contributed by atoms with van der Waals surface area (Å²) in [6, 6.07) is 20.6. The van der Waals surface area contributed by atoms with Crippen LogP contribution in [0, 0.1) is 6.92 Å². The van der Waals surface area contributed by atoms with E-state index in [-0.39, 0.29) is 6.04 Å². The number of fused-ring (bicyclic) bond motifs is 1. The van der Waals surface area contributed by atoms with Crippen LogP contribution in [0.15, 0.2) is 60.7 Å². The van der Waals surface area contributed by atoms with Gasteiger partial charge in [-0.1, -0.05) is 60.7 Å². The quantitative estimate of drug-likeness (QED) is 0.528. The molecule has 0 aliphatic heterocycles. The molecule has 2 aromatic heterocycles. The fourth-order valence-electron chi connectivity index (χ4n) is 3.07. The average molecular weight is 328 g/mol. The van der Waals surface area contributed by atoms with Gasteiger partial charge in [-0.25, -0.2) is 9.97 Å². The number of aryl methyl sites for hydroxylation is 1. The van der Waals surface area contributed by atoms with E-state index in [4.69, 9.17) is 15.1 Å². The van der Waals surface area contributed by atoms with Gasteiger partial charge in [0.2, 0.25) is 0 Å². The van der Waals surface area contributed by atoms with E-state index in [9.17, 15) is 0 Å². The molecule has 4 rings (SSSR count). The van der Waals surface area contributed by atoms with Gasteiger partial charge >= 0.3 is 0 Å². The smallest absolute Gasteiger partial charge is 0.160 e. The molecule has 25 heavy (non-hydrogen) atoms. The third-order valence-electron chi connectivity index (χ3n) is 4.28.